The number of fused-ring (bicyclic) bond motifs is 8. The molecule has 40 heavy (non-hydrogen) atoms. The van der Waals surface area contributed by atoms with Crippen LogP contribution in [0.15, 0.2) is 142 Å². The third kappa shape index (κ3) is 2.99. The summed E-state index contributed by atoms with van der Waals surface area (Å²) < 4.78 is 13.1. The van der Waals surface area contributed by atoms with Crippen LogP contribution in [0, 0.1) is 0 Å². The maximum atomic E-state index is 6.73. The molecule has 0 saturated carbocycles. The highest BCUT2D eigenvalue weighted by molar-refractivity contribution is 6.27. The van der Waals surface area contributed by atoms with E-state index in [1.54, 1.807) is 0 Å². The zero-order valence-electron chi connectivity index (χ0n) is 21.5. The summed E-state index contributed by atoms with van der Waals surface area (Å²) >= 11 is 0. The third-order valence-corrected chi connectivity index (χ3v) is 8.24. The summed E-state index contributed by atoms with van der Waals surface area (Å²) in [7, 11) is 0. The predicted molar refractivity (Wildman–Crippen MR) is 167 cm³/mol. The van der Waals surface area contributed by atoms with E-state index in [0.717, 1.165) is 60.6 Å². The molecule has 186 valence electrons. The summed E-state index contributed by atoms with van der Waals surface area (Å²) in [6, 6.07) is 47.1. The second-order valence-electron chi connectivity index (χ2n) is 10.5. The summed E-state index contributed by atoms with van der Waals surface area (Å²) in [5.74, 6) is 0. The molecule has 9 aromatic rings. The monoisotopic (exact) mass is 510 g/mol. The van der Waals surface area contributed by atoms with Crippen molar-refractivity contribution < 1.29 is 8.83 Å². The minimum absolute atomic E-state index is 0.890. The largest absolute Gasteiger partial charge is 0.456 e. The molecule has 0 aliphatic heterocycles. The van der Waals surface area contributed by atoms with Crippen LogP contribution >= 0.6 is 0 Å². The minimum Gasteiger partial charge on any atom is -0.456 e. The van der Waals surface area contributed by atoms with E-state index in [1.807, 2.05) is 18.2 Å². The lowest BCUT2D eigenvalue weighted by atomic mass is 9.87. The lowest BCUT2D eigenvalue weighted by molar-refractivity contribution is 0.669. The molecule has 0 atom stereocenters. The smallest absolute Gasteiger partial charge is 0.144 e. The van der Waals surface area contributed by atoms with Gasteiger partial charge in [0.05, 0.1) is 0 Å². The molecule has 0 aliphatic rings. The van der Waals surface area contributed by atoms with Crippen molar-refractivity contribution in [2.75, 3.05) is 0 Å². The Bertz CT molecular complexity index is 2440. The van der Waals surface area contributed by atoms with E-state index in [9.17, 15) is 0 Å². The van der Waals surface area contributed by atoms with Gasteiger partial charge in [-0.3, -0.25) is 0 Å². The molecule has 0 spiro atoms. The van der Waals surface area contributed by atoms with Gasteiger partial charge in [-0.2, -0.15) is 0 Å². The van der Waals surface area contributed by atoms with E-state index in [-0.39, 0.29) is 0 Å². The molecule has 2 heterocycles. The molecule has 2 aromatic heterocycles. The molecule has 0 aliphatic carbocycles. The molecular formula is C38H22O2. The summed E-state index contributed by atoms with van der Waals surface area (Å²) in [6.07, 6.45) is 0. The molecular weight excluding hydrogens is 488 g/mol. The Kier molecular flexibility index (Phi) is 4.36. The number of benzene rings is 7. The van der Waals surface area contributed by atoms with Crippen molar-refractivity contribution in [1.29, 1.82) is 0 Å². The normalized spacial score (nSPS) is 12.0. The highest BCUT2D eigenvalue weighted by atomic mass is 16.3. The number of hydrogen-bond donors (Lipinski definition) is 0. The van der Waals surface area contributed by atoms with Gasteiger partial charge in [-0.15, -0.1) is 0 Å². The molecule has 2 heteroatoms. The predicted octanol–water partition coefficient (Wildman–Crippen LogP) is 11.1. The van der Waals surface area contributed by atoms with Crippen LogP contribution in [0.4, 0.5) is 0 Å². The van der Waals surface area contributed by atoms with Crippen molar-refractivity contribution in [3.63, 3.8) is 0 Å². The van der Waals surface area contributed by atoms with E-state index in [0.29, 0.717) is 0 Å². The fourth-order valence-corrected chi connectivity index (χ4v) is 6.46. The standard InChI is InChI=1S/C38H22O2/c1-2-10-24-21-25(18-17-23(24)9-1)36-30-13-4-3-12-29(30)35(37-31-14-6-8-16-33(31)40-38(36)37)26-19-20-28-27-11-5-7-15-32(27)39-34(28)22-26/h1-22H. The van der Waals surface area contributed by atoms with Gasteiger partial charge in [0.1, 0.15) is 22.3 Å². The second-order valence-corrected chi connectivity index (χ2v) is 10.5. The lowest BCUT2D eigenvalue weighted by Gasteiger charge is -2.15. The van der Waals surface area contributed by atoms with E-state index in [1.165, 1.54) is 27.1 Å². The minimum atomic E-state index is 0.890. The summed E-state index contributed by atoms with van der Waals surface area (Å²) in [5.41, 5.74) is 8.16. The number of hydrogen-bond acceptors (Lipinski definition) is 2. The Morgan fingerprint density at radius 1 is 0.350 bits per heavy atom. The summed E-state index contributed by atoms with van der Waals surface area (Å²) in [6.45, 7) is 0. The molecule has 9 rings (SSSR count). The molecule has 0 radical (unpaired) electrons. The Morgan fingerprint density at radius 3 is 1.75 bits per heavy atom. The van der Waals surface area contributed by atoms with Gasteiger partial charge in [0, 0.05) is 32.7 Å². The molecule has 7 aromatic carbocycles. The van der Waals surface area contributed by atoms with Crippen LogP contribution in [-0.4, -0.2) is 0 Å². The Morgan fingerprint density at radius 2 is 0.925 bits per heavy atom. The van der Waals surface area contributed by atoms with E-state index < -0.39 is 0 Å². The number of furan rings is 2. The fourth-order valence-electron chi connectivity index (χ4n) is 6.46. The van der Waals surface area contributed by atoms with Gasteiger partial charge in [0.15, 0.2) is 0 Å². The number of rotatable bonds is 2. The first kappa shape index (κ1) is 21.6. The van der Waals surface area contributed by atoms with Gasteiger partial charge in [0.2, 0.25) is 0 Å². The quantitative estimate of drug-likeness (QED) is 0.231. The van der Waals surface area contributed by atoms with Gasteiger partial charge in [-0.1, -0.05) is 103 Å². The molecule has 0 unspecified atom stereocenters. The van der Waals surface area contributed by atoms with E-state index in [2.05, 4.69) is 115 Å². The topological polar surface area (TPSA) is 26.3 Å². The molecule has 0 saturated heterocycles. The highest BCUT2D eigenvalue weighted by Crippen LogP contribution is 2.48. The Balaban J connectivity index is 1.44. The SMILES string of the molecule is c1ccc2cc(-c3c4ccccc4c(-c4ccc5c(c4)oc4ccccc45)c4c3oc3ccccc34)ccc2c1. The molecule has 0 N–H and O–H groups in total. The average Bonchev–Trinajstić information content (AvgIpc) is 3.57. The van der Waals surface area contributed by atoms with Crippen molar-refractivity contribution in [3.05, 3.63) is 133 Å². The third-order valence-electron chi connectivity index (χ3n) is 8.24. The van der Waals surface area contributed by atoms with Crippen LogP contribution in [0.5, 0.6) is 0 Å². The van der Waals surface area contributed by atoms with Crippen molar-refractivity contribution in [1.82, 2.24) is 0 Å². The Labute approximate surface area is 229 Å². The van der Waals surface area contributed by atoms with Gasteiger partial charge < -0.3 is 8.83 Å². The van der Waals surface area contributed by atoms with Crippen LogP contribution < -0.4 is 0 Å². The Hall–Kier alpha value is -5.34. The van der Waals surface area contributed by atoms with Crippen LogP contribution in [0.3, 0.4) is 0 Å². The molecule has 0 fully saturated rings. The van der Waals surface area contributed by atoms with Crippen LogP contribution in [-0.2, 0) is 0 Å². The van der Waals surface area contributed by atoms with Gasteiger partial charge in [-0.05, 0) is 63.0 Å². The van der Waals surface area contributed by atoms with Crippen LogP contribution in [0.2, 0.25) is 0 Å². The number of para-hydroxylation sites is 2. The van der Waals surface area contributed by atoms with Crippen molar-refractivity contribution >= 4 is 65.4 Å². The zero-order valence-corrected chi connectivity index (χ0v) is 21.5. The van der Waals surface area contributed by atoms with Gasteiger partial charge >= 0.3 is 0 Å². The van der Waals surface area contributed by atoms with Gasteiger partial charge in [0.25, 0.3) is 0 Å². The maximum absolute atomic E-state index is 6.73. The van der Waals surface area contributed by atoms with Gasteiger partial charge in [-0.25, -0.2) is 0 Å². The first-order chi connectivity index (χ1) is 19.8. The van der Waals surface area contributed by atoms with E-state index >= 15 is 0 Å². The van der Waals surface area contributed by atoms with Crippen molar-refractivity contribution in [2.45, 2.75) is 0 Å². The second kappa shape index (κ2) is 8.08. The fraction of sp³-hybridized carbons (Fsp3) is 0. The molecule has 0 amide bonds. The summed E-state index contributed by atoms with van der Waals surface area (Å²) in [4.78, 5) is 0. The molecule has 0 bridgehead atoms. The summed E-state index contributed by atoms with van der Waals surface area (Å²) in [5, 5.41) is 9.33. The first-order valence-corrected chi connectivity index (χ1v) is 13.6. The first-order valence-electron chi connectivity index (χ1n) is 13.6. The highest BCUT2D eigenvalue weighted by Gasteiger charge is 2.22. The zero-order chi connectivity index (χ0) is 26.2. The van der Waals surface area contributed by atoms with E-state index in [4.69, 9.17) is 8.83 Å². The lowest BCUT2D eigenvalue weighted by Crippen LogP contribution is -1.89. The van der Waals surface area contributed by atoms with Crippen LogP contribution in [0.25, 0.3) is 87.7 Å². The maximum Gasteiger partial charge on any atom is 0.144 e. The molecule has 2 nitrogen and oxygen atoms in total. The average molecular weight is 511 g/mol. The van der Waals surface area contributed by atoms with Crippen molar-refractivity contribution in [3.8, 4) is 22.3 Å². The van der Waals surface area contributed by atoms with Crippen molar-refractivity contribution in [2.24, 2.45) is 0 Å². The van der Waals surface area contributed by atoms with Crippen LogP contribution in [0.1, 0.15) is 0 Å².